The minimum Gasteiger partial charge on any atom is -0.373 e. The van der Waals surface area contributed by atoms with Crippen LogP contribution in [0.4, 0.5) is 0 Å². The van der Waals surface area contributed by atoms with Crippen molar-refractivity contribution in [3.05, 3.63) is 35.9 Å². The fourth-order valence-corrected chi connectivity index (χ4v) is 2.99. The third kappa shape index (κ3) is 3.80. The summed E-state index contributed by atoms with van der Waals surface area (Å²) < 4.78 is 30.0. The Balaban J connectivity index is 1.78. The van der Waals surface area contributed by atoms with Crippen LogP contribution < -0.4 is 0 Å². The van der Waals surface area contributed by atoms with E-state index in [-0.39, 0.29) is 6.10 Å². The Morgan fingerprint density at radius 2 is 1.83 bits per heavy atom. The van der Waals surface area contributed by atoms with E-state index in [0.717, 1.165) is 18.4 Å². The zero-order chi connectivity index (χ0) is 13.0. The molecule has 1 aliphatic rings. The maximum Gasteiger partial charge on any atom is 0.211 e. The fourth-order valence-electron chi connectivity index (χ4n) is 2.12. The van der Waals surface area contributed by atoms with Gasteiger partial charge in [0.25, 0.3) is 0 Å². The van der Waals surface area contributed by atoms with Crippen LogP contribution in [0.5, 0.6) is 0 Å². The maximum atomic E-state index is 11.4. The number of nitrogens with zero attached hydrogens (tertiary/aromatic N) is 1. The molecule has 0 aromatic heterocycles. The molecule has 0 radical (unpaired) electrons. The molecule has 5 heteroatoms. The van der Waals surface area contributed by atoms with Gasteiger partial charge >= 0.3 is 0 Å². The van der Waals surface area contributed by atoms with Crippen molar-refractivity contribution in [1.29, 1.82) is 0 Å². The van der Waals surface area contributed by atoms with Gasteiger partial charge in [-0.05, 0) is 18.4 Å². The average Bonchev–Trinajstić information content (AvgIpc) is 2.37. The smallest absolute Gasteiger partial charge is 0.211 e. The highest BCUT2D eigenvalue weighted by Gasteiger charge is 2.25. The molecule has 0 N–H and O–H groups in total. The van der Waals surface area contributed by atoms with Crippen molar-refractivity contribution in [3.63, 3.8) is 0 Å². The number of rotatable bonds is 4. The molecule has 1 aromatic carbocycles. The van der Waals surface area contributed by atoms with Crippen molar-refractivity contribution >= 4 is 10.0 Å². The summed E-state index contributed by atoms with van der Waals surface area (Å²) in [6.45, 7) is 1.74. The Hall–Kier alpha value is -0.910. The van der Waals surface area contributed by atoms with Gasteiger partial charge in [-0.3, -0.25) is 0 Å². The molecule has 0 aliphatic carbocycles. The van der Waals surface area contributed by atoms with E-state index >= 15 is 0 Å². The SMILES string of the molecule is CS(=O)(=O)N1CCC(OCc2ccccc2)CC1. The van der Waals surface area contributed by atoms with Crippen LogP contribution in [0, 0.1) is 0 Å². The number of piperidine rings is 1. The lowest BCUT2D eigenvalue weighted by Gasteiger charge is -2.30. The zero-order valence-corrected chi connectivity index (χ0v) is 11.4. The predicted octanol–water partition coefficient (Wildman–Crippen LogP) is 1.63. The lowest BCUT2D eigenvalue weighted by Crippen LogP contribution is -2.40. The lowest BCUT2D eigenvalue weighted by atomic mass is 10.1. The van der Waals surface area contributed by atoms with Crippen LogP contribution in [-0.4, -0.2) is 38.2 Å². The van der Waals surface area contributed by atoms with Crippen LogP contribution in [0.1, 0.15) is 18.4 Å². The van der Waals surface area contributed by atoms with E-state index in [4.69, 9.17) is 4.74 Å². The van der Waals surface area contributed by atoms with E-state index < -0.39 is 10.0 Å². The summed E-state index contributed by atoms with van der Waals surface area (Å²) in [5.41, 5.74) is 1.16. The second-order valence-electron chi connectivity index (χ2n) is 4.66. The second kappa shape index (κ2) is 5.82. The molecule has 0 unspecified atom stereocenters. The molecule has 2 rings (SSSR count). The largest absolute Gasteiger partial charge is 0.373 e. The van der Waals surface area contributed by atoms with Gasteiger partial charge < -0.3 is 4.74 Å². The Labute approximate surface area is 109 Å². The minimum atomic E-state index is -3.04. The highest BCUT2D eigenvalue weighted by Crippen LogP contribution is 2.17. The van der Waals surface area contributed by atoms with Crippen LogP contribution in [0.25, 0.3) is 0 Å². The predicted molar refractivity (Wildman–Crippen MR) is 70.7 cm³/mol. The summed E-state index contributed by atoms with van der Waals surface area (Å²) in [7, 11) is -3.04. The van der Waals surface area contributed by atoms with Gasteiger partial charge in [0.2, 0.25) is 10.0 Å². The summed E-state index contributed by atoms with van der Waals surface area (Å²) >= 11 is 0. The molecule has 18 heavy (non-hydrogen) atoms. The molecule has 1 heterocycles. The molecule has 1 saturated heterocycles. The first kappa shape index (κ1) is 13.5. The topological polar surface area (TPSA) is 46.6 Å². The van der Waals surface area contributed by atoms with Gasteiger partial charge in [0.05, 0.1) is 19.0 Å². The van der Waals surface area contributed by atoms with Gasteiger partial charge in [0.15, 0.2) is 0 Å². The van der Waals surface area contributed by atoms with E-state index in [9.17, 15) is 8.42 Å². The fraction of sp³-hybridized carbons (Fsp3) is 0.538. The summed E-state index contributed by atoms with van der Waals surface area (Å²) in [4.78, 5) is 0. The van der Waals surface area contributed by atoms with Gasteiger partial charge in [0.1, 0.15) is 0 Å². The third-order valence-corrected chi connectivity index (χ3v) is 4.50. The van der Waals surface area contributed by atoms with Crippen LogP contribution in [0.3, 0.4) is 0 Å². The van der Waals surface area contributed by atoms with Crippen molar-refractivity contribution in [3.8, 4) is 0 Å². The lowest BCUT2D eigenvalue weighted by molar-refractivity contribution is 0.0103. The molecular formula is C13H19NO3S. The zero-order valence-electron chi connectivity index (χ0n) is 10.6. The highest BCUT2D eigenvalue weighted by atomic mass is 32.2. The summed E-state index contributed by atoms with van der Waals surface area (Å²) in [5.74, 6) is 0. The first-order chi connectivity index (χ1) is 8.55. The van der Waals surface area contributed by atoms with Crippen molar-refractivity contribution < 1.29 is 13.2 Å². The Morgan fingerprint density at radius 3 is 2.39 bits per heavy atom. The van der Waals surface area contributed by atoms with E-state index in [1.54, 1.807) is 0 Å². The summed E-state index contributed by atoms with van der Waals surface area (Å²) in [6, 6.07) is 10.0. The van der Waals surface area contributed by atoms with Gasteiger partial charge in [-0.2, -0.15) is 0 Å². The molecular weight excluding hydrogens is 250 g/mol. The first-order valence-corrected chi connectivity index (χ1v) is 8.01. The molecule has 0 atom stereocenters. The second-order valence-corrected chi connectivity index (χ2v) is 6.64. The number of benzene rings is 1. The molecule has 100 valence electrons. The molecule has 0 amide bonds. The van der Waals surface area contributed by atoms with Crippen LogP contribution >= 0.6 is 0 Å². The van der Waals surface area contributed by atoms with Gasteiger partial charge in [-0.1, -0.05) is 30.3 Å². The quantitative estimate of drug-likeness (QED) is 0.834. The van der Waals surface area contributed by atoms with Crippen molar-refractivity contribution in [2.45, 2.75) is 25.6 Å². The number of ether oxygens (including phenoxy) is 1. The Bertz CT molecular complexity index is 464. The van der Waals surface area contributed by atoms with Gasteiger partial charge in [-0.15, -0.1) is 0 Å². The van der Waals surface area contributed by atoms with E-state index in [2.05, 4.69) is 0 Å². The van der Waals surface area contributed by atoms with Crippen molar-refractivity contribution in [1.82, 2.24) is 4.31 Å². The van der Waals surface area contributed by atoms with E-state index in [1.807, 2.05) is 30.3 Å². The molecule has 0 saturated carbocycles. The molecule has 0 bridgehead atoms. The van der Waals surface area contributed by atoms with Crippen LogP contribution in [0.15, 0.2) is 30.3 Å². The van der Waals surface area contributed by atoms with E-state index in [1.165, 1.54) is 10.6 Å². The van der Waals surface area contributed by atoms with Crippen LogP contribution in [-0.2, 0) is 21.4 Å². The highest BCUT2D eigenvalue weighted by molar-refractivity contribution is 7.88. The Morgan fingerprint density at radius 1 is 1.22 bits per heavy atom. The summed E-state index contributed by atoms with van der Waals surface area (Å²) in [6.07, 6.45) is 2.99. The Kier molecular flexibility index (Phi) is 4.37. The number of hydrogen-bond donors (Lipinski definition) is 0. The first-order valence-electron chi connectivity index (χ1n) is 6.16. The van der Waals surface area contributed by atoms with E-state index in [0.29, 0.717) is 19.7 Å². The molecule has 0 spiro atoms. The summed E-state index contributed by atoms with van der Waals surface area (Å²) in [5, 5.41) is 0. The number of sulfonamides is 1. The third-order valence-electron chi connectivity index (χ3n) is 3.20. The number of hydrogen-bond acceptors (Lipinski definition) is 3. The minimum absolute atomic E-state index is 0.170. The van der Waals surface area contributed by atoms with Crippen molar-refractivity contribution in [2.24, 2.45) is 0 Å². The normalized spacial score (nSPS) is 18.9. The molecule has 1 aliphatic heterocycles. The van der Waals surface area contributed by atoms with Gasteiger partial charge in [0, 0.05) is 13.1 Å². The van der Waals surface area contributed by atoms with Crippen molar-refractivity contribution in [2.75, 3.05) is 19.3 Å². The standard InChI is InChI=1S/C13H19NO3S/c1-18(15,16)14-9-7-13(8-10-14)17-11-12-5-3-2-4-6-12/h2-6,13H,7-11H2,1H3. The monoisotopic (exact) mass is 269 g/mol. The molecule has 1 aromatic rings. The van der Waals surface area contributed by atoms with Crippen LogP contribution in [0.2, 0.25) is 0 Å². The molecule has 1 fully saturated rings. The maximum absolute atomic E-state index is 11.4. The molecule has 4 nitrogen and oxygen atoms in total. The van der Waals surface area contributed by atoms with Gasteiger partial charge in [-0.25, -0.2) is 12.7 Å². The average molecular weight is 269 g/mol.